The van der Waals surface area contributed by atoms with E-state index in [0.717, 1.165) is 9.35 Å². The molecule has 0 radical (unpaired) electrons. The van der Waals surface area contributed by atoms with Gasteiger partial charge in [-0.2, -0.15) is 0 Å². The predicted octanol–water partition coefficient (Wildman–Crippen LogP) is 1.99. The summed E-state index contributed by atoms with van der Waals surface area (Å²) < 4.78 is 0.996. The van der Waals surface area contributed by atoms with Crippen molar-refractivity contribution in [1.82, 2.24) is 5.32 Å². The highest BCUT2D eigenvalue weighted by molar-refractivity contribution is 9.11. The third-order valence-corrected chi connectivity index (χ3v) is 4.22. The number of amides is 1. The molecule has 0 saturated heterocycles. The number of aliphatic carboxylic acids is 1. The number of hydrogen-bond acceptors (Lipinski definition) is 3. The molecule has 6 heteroatoms. The molecule has 86 valence electrons. The summed E-state index contributed by atoms with van der Waals surface area (Å²) in [6.07, 6.45) is 0.892. The summed E-state index contributed by atoms with van der Waals surface area (Å²) in [5, 5.41) is 13.5. The Kier molecular flexibility index (Phi) is 3.03. The minimum atomic E-state index is -1.15. The van der Waals surface area contributed by atoms with Gasteiger partial charge in [-0.3, -0.25) is 9.59 Å². The summed E-state index contributed by atoms with van der Waals surface area (Å²) >= 11 is 4.86. The van der Waals surface area contributed by atoms with E-state index in [1.807, 2.05) is 11.4 Å². The summed E-state index contributed by atoms with van der Waals surface area (Å²) in [7, 11) is 0. The molecule has 1 aliphatic carbocycles. The topological polar surface area (TPSA) is 66.4 Å². The number of nitrogens with one attached hydrogen (secondary N) is 1. The number of thiophene rings is 1. The van der Waals surface area contributed by atoms with Crippen LogP contribution in [0.1, 0.15) is 18.4 Å². The Bertz CT molecular complexity index is 439. The van der Waals surface area contributed by atoms with Crippen LogP contribution >= 0.6 is 27.3 Å². The van der Waals surface area contributed by atoms with Crippen LogP contribution in [0.25, 0.3) is 0 Å². The van der Waals surface area contributed by atoms with Crippen LogP contribution in [0.2, 0.25) is 0 Å². The maximum Gasteiger partial charge on any atom is 0.319 e. The van der Waals surface area contributed by atoms with E-state index in [9.17, 15) is 9.59 Å². The van der Waals surface area contributed by atoms with Gasteiger partial charge in [-0.25, -0.2) is 0 Å². The highest BCUT2D eigenvalue weighted by atomic mass is 79.9. The van der Waals surface area contributed by atoms with Gasteiger partial charge in [0.25, 0.3) is 0 Å². The zero-order valence-corrected chi connectivity index (χ0v) is 10.7. The number of carbonyl (C=O) groups excluding carboxylic acids is 1. The number of carboxylic acids is 1. The van der Waals surface area contributed by atoms with E-state index in [1.165, 1.54) is 11.3 Å². The molecule has 0 unspecified atom stereocenters. The molecule has 4 nitrogen and oxygen atoms in total. The first-order valence-corrected chi connectivity index (χ1v) is 6.46. The van der Waals surface area contributed by atoms with Crippen LogP contribution in [-0.2, 0) is 16.1 Å². The van der Waals surface area contributed by atoms with Crippen LogP contribution < -0.4 is 5.32 Å². The molecule has 0 aliphatic heterocycles. The van der Waals surface area contributed by atoms with Gasteiger partial charge < -0.3 is 10.4 Å². The smallest absolute Gasteiger partial charge is 0.319 e. The van der Waals surface area contributed by atoms with E-state index in [1.54, 1.807) is 0 Å². The van der Waals surface area contributed by atoms with Crippen molar-refractivity contribution in [1.29, 1.82) is 0 Å². The molecule has 0 aromatic carbocycles. The van der Waals surface area contributed by atoms with Gasteiger partial charge in [0.2, 0.25) is 5.91 Å². The molecule has 1 amide bonds. The van der Waals surface area contributed by atoms with E-state index in [0.29, 0.717) is 19.4 Å². The van der Waals surface area contributed by atoms with Gasteiger partial charge in [0.05, 0.1) is 3.79 Å². The first-order valence-electron chi connectivity index (χ1n) is 4.79. The minimum Gasteiger partial charge on any atom is -0.480 e. The van der Waals surface area contributed by atoms with Crippen molar-refractivity contribution in [3.63, 3.8) is 0 Å². The molecule has 0 spiro atoms. The quantitative estimate of drug-likeness (QED) is 0.836. The summed E-state index contributed by atoms with van der Waals surface area (Å²) in [5.41, 5.74) is -0.167. The number of rotatable bonds is 4. The van der Waals surface area contributed by atoms with Crippen molar-refractivity contribution in [2.45, 2.75) is 19.4 Å². The average Bonchev–Trinajstić information content (AvgIpc) is 2.95. The van der Waals surface area contributed by atoms with Crippen molar-refractivity contribution in [2.75, 3.05) is 0 Å². The van der Waals surface area contributed by atoms with Gasteiger partial charge in [0.1, 0.15) is 5.41 Å². The highest BCUT2D eigenvalue weighted by Crippen LogP contribution is 2.46. The van der Waals surface area contributed by atoms with E-state index >= 15 is 0 Å². The molecule has 1 aromatic heterocycles. The second-order valence-electron chi connectivity index (χ2n) is 3.83. The fraction of sp³-hybridized carbons (Fsp3) is 0.400. The first-order chi connectivity index (χ1) is 7.54. The van der Waals surface area contributed by atoms with Crippen LogP contribution in [0.5, 0.6) is 0 Å². The van der Waals surface area contributed by atoms with Crippen molar-refractivity contribution in [2.24, 2.45) is 5.41 Å². The van der Waals surface area contributed by atoms with E-state index in [-0.39, 0.29) is 5.91 Å². The van der Waals surface area contributed by atoms with Gasteiger partial charge in [-0.05, 0) is 45.8 Å². The van der Waals surface area contributed by atoms with Crippen LogP contribution in [-0.4, -0.2) is 17.0 Å². The Hall–Kier alpha value is -0.880. The van der Waals surface area contributed by atoms with Crippen molar-refractivity contribution < 1.29 is 14.7 Å². The lowest BCUT2D eigenvalue weighted by Gasteiger charge is -2.09. The first kappa shape index (κ1) is 11.6. The standard InChI is InChI=1S/C10H10BrNO3S/c11-7-3-6(5-16-7)4-12-8(13)10(1-2-10)9(14)15/h3,5H,1-2,4H2,(H,12,13)(H,14,15). The van der Waals surface area contributed by atoms with Gasteiger partial charge in [0.15, 0.2) is 0 Å². The van der Waals surface area contributed by atoms with Gasteiger partial charge in [-0.1, -0.05) is 0 Å². The van der Waals surface area contributed by atoms with Crippen molar-refractivity contribution in [3.05, 3.63) is 20.8 Å². The largest absolute Gasteiger partial charge is 0.480 e. The summed E-state index contributed by atoms with van der Waals surface area (Å²) in [6.45, 7) is 0.385. The summed E-state index contributed by atoms with van der Waals surface area (Å²) in [6, 6.07) is 1.91. The number of carbonyl (C=O) groups is 2. The fourth-order valence-corrected chi connectivity index (χ4v) is 2.66. The predicted molar refractivity (Wildman–Crippen MR) is 63.2 cm³/mol. The molecule has 1 saturated carbocycles. The second-order valence-corrected chi connectivity index (χ2v) is 6.12. The van der Waals surface area contributed by atoms with Crippen molar-refractivity contribution in [3.8, 4) is 0 Å². The van der Waals surface area contributed by atoms with Gasteiger partial charge in [-0.15, -0.1) is 11.3 Å². The van der Waals surface area contributed by atoms with Crippen LogP contribution in [0.3, 0.4) is 0 Å². The summed E-state index contributed by atoms with van der Waals surface area (Å²) in [5.74, 6) is -1.39. The molecular weight excluding hydrogens is 294 g/mol. The van der Waals surface area contributed by atoms with Crippen LogP contribution in [0.4, 0.5) is 0 Å². The van der Waals surface area contributed by atoms with Gasteiger partial charge in [0, 0.05) is 6.54 Å². The third kappa shape index (κ3) is 2.12. The molecule has 2 N–H and O–H groups in total. The Morgan fingerprint density at radius 3 is 2.69 bits per heavy atom. The Morgan fingerprint density at radius 1 is 1.56 bits per heavy atom. The fourth-order valence-electron chi connectivity index (χ4n) is 1.45. The minimum absolute atomic E-state index is 0.373. The SMILES string of the molecule is O=C(O)C1(C(=O)NCc2csc(Br)c2)CC1. The number of halogens is 1. The second kappa shape index (κ2) is 4.18. The van der Waals surface area contributed by atoms with Crippen molar-refractivity contribution >= 4 is 39.1 Å². The monoisotopic (exact) mass is 303 g/mol. The highest BCUT2D eigenvalue weighted by Gasteiger charge is 2.56. The Labute approximate surface area is 105 Å². The zero-order valence-electron chi connectivity index (χ0n) is 8.33. The van der Waals surface area contributed by atoms with E-state index < -0.39 is 11.4 Å². The summed E-state index contributed by atoms with van der Waals surface area (Å²) in [4.78, 5) is 22.5. The van der Waals surface area contributed by atoms with Crippen LogP contribution in [0.15, 0.2) is 15.2 Å². The Balaban J connectivity index is 1.92. The normalized spacial score (nSPS) is 16.8. The molecule has 2 rings (SSSR count). The molecule has 1 aliphatic rings. The maximum atomic E-state index is 11.6. The van der Waals surface area contributed by atoms with E-state index in [4.69, 9.17) is 5.11 Å². The lowest BCUT2D eigenvalue weighted by molar-refractivity contribution is -0.149. The van der Waals surface area contributed by atoms with Gasteiger partial charge >= 0.3 is 5.97 Å². The molecule has 1 fully saturated rings. The maximum absolute atomic E-state index is 11.6. The molecular formula is C10H10BrNO3S. The number of carboxylic acid groups (broad SMARTS) is 1. The molecule has 1 heterocycles. The van der Waals surface area contributed by atoms with E-state index in [2.05, 4.69) is 21.2 Å². The van der Waals surface area contributed by atoms with Crippen LogP contribution in [0, 0.1) is 5.41 Å². The number of hydrogen-bond donors (Lipinski definition) is 2. The third-order valence-electron chi connectivity index (χ3n) is 2.67. The zero-order chi connectivity index (χ0) is 11.8. The Morgan fingerprint density at radius 2 is 2.25 bits per heavy atom. The lowest BCUT2D eigenvalue weighted by Crippen LogP contribution is -2.36. The average molecular weight is 304 g/mol. The molecule has 0 bridgehead atoms. The molecule has 1 aromatic rings. The lowest BCUT2D eigenvalue weighted by atomic mass is 10.1. The molecule has 16 heavy (non-hydrogen) atoms. The molecule has 0 atom stereocenters.